The van der Waals surface area contributed by atoms with Crippen molar-refractivity contribution in [1.82, 2.24) is 9.80 Å². The number of ether oxygens (including phenoxy) is 11. The van der Waals surface area contributed by atoms with E-state index in [1.807, 2.05) is 48.6 Å². The molecule has 4 fully saturated rings. The monoisotopic (exact) mass is 1060 g/mol. The Bertz CT molecular complexity index is 1840. The molecule has 4 aliphatic rings. The molecular formula is C53H93N3O18. The standard InChI is InChI=1S/C53H93N3O18/c1-26(2)20-38(57)70-44-33(9)43(28(4)25-66-51-47(64-18)46(63-17)40(58)36(12)69-51)72-49(61)35(11)45(71-39-21-29(5)56(16)24-31(7)67-39)32(8)42(73-50-41(59)37(54-65-19)22-30(6)68-50)27(3)23-53(13,48(60)34(44)10)74-52(62)55(14)15/h26-36,39-47,50-51,58-59H,20-25H2,1-19H3/t27-,28?,29+,30+,31-,32+,33-,34+,35+,36+,39-,40+,41+,42-,43+,44+,45-,46+,47+,50-,51+,53-/m0/s1. The van der Waals surface area contributed by atoms with Gasteiger partial charge in [0.15, 0.2) is 30.3 Å². The Hall–Kier alpha value is -3.09. The van der Waals surface area contributed by atoms with Crippen LogP contribution in [0, 0.1) is 41.4 Å². The Morgan fingerprint density at radius 3 is 2.07 bits per heavy atom. The molecule has 4 aliphatic heterocycles. The van der Waals surface area contributed by atoms with Gasteiger partial charge in [0, 0.05) is 77.9 Å². The van der Waals surface area contributed by atoms with Crippen LogP contribution in [0.2, 0.25) is 0 Å². The minimum atomic E-state index is -1.90. The molecule has 21 nitrogen and oxygen atoms in total. The van der Waals surface area contributed by atoms with Gasteiger partial charge in [-0.15, -0.1) is 0 Å². The average Bonchev–Trinajstić information content (AvgIpc) is 3.44. The summed E-state index contributed by atoms with van der Waals surface area (Å²) in [5.74, 6) is -7.19. The maximum absolute atomic E-state index is 15.6. The van der Waals surface area contributed by atoms with Crippen molar-refractivity contribution in [3.8, 4) is 0 Å². The van der Waals surface area contributed by atoms with Crippen LogP contribution in [0.25, 0.3) is 0 Å². The molecule has 4 heterocycles. The number of amides is 1. The van der Waals surface area contributed by atoms with Gasteiger partial charge in [0.05, 0.1) is 54.7 Å². The number of esters is 2. The zero-order valence-corrected chi connectivity index (χ0v) is 47.7. The van der Waals surface area contributed by atoms with Crippen molar-refractivity contribution in [2.24, 2.45) is 46.6 Å². The number of rotatable bonds is 15. The van der Waals surface area contributed by atoms with Crippen molar-refractivity contribution in [3.63, 3.8) is 0 Å². The molecule has 2 N–H and O–H groups in total. The van der Waals surface area contributed by atoms with E-state index in [1.165, 1.54) is 47.2 Å². The summed E-state index contributed by atoms with van der Waals surface area (Å²) in [5, 5.41) is 26.7. The fourth-order valence-corrected chi connectivity index (χ4v) is 11.0. The van der Waals surface area contributed by atoms with Crippen molar-refractivity contribution in [2.45, 2.75) is 213 Å². The largest absolute Gasteiger partial charge is 0.461 e. The van der Waals surface area contributed by atoms with Crippen LogP contribution in [0.5, 0.6) is 0 Å². The fourth-order valence-electron chi connectivity index (χ4n) is 11.0. The molecule has 22 atom stereocenters. The summed E-state index contributed by atoms with van der Waals surface area (Å²) >= 11 is 0. The number of methoxy groups -OCH3 is 2. The molecule has 4 rings (SSSR count). The van der Waals surface area contributed by atoms with Gasteiger partial charge in [-0.25, -0.2) is 4.79 Å². The second-order valence-corrected chi connectivity index (χ2v) is 22.5. The highest BCUT2D eigenvalue weighted by Crippen LogP contribution is 2.40. The molecular weight excluding hydrogens is 967 g/mol. The number of nitrogens with zero attached hydrogens (tertiary/aromatic N) is 3. The van der Waals surface area contributed by atoms with Crippen LogP contribution in [-0.2, 0) is 71.3 Å². The quantitative estimate of drug-likeness (QED) is 0.125. The third-order valence-corrected chi connectivity index (χ3v) is 15.3. The van der Waals surface area contributed by atoms with Crippen molar-refractivity contribution in [2.75, 3.05) is 55.6 Å². The van der Waals surface area contributed by atoms with Crippen LogP contribution in [-0.4, -0.2) is 203 Å². The zero-order chi connectivity index (χ0) is 55.7. The first kappa shape index (κ1) is 63.4. The number of hydrogen-bond acceptors (Lipinski definition) is 20. The molecule has 0 aromatic rings. The number of Topliss-reactive ketones (excluding diaryl/α,β-unsaturated/α-hetero) is 1. The highest BCUT2D eigenvalue weighted by molar-refractivity contribution is 5.91. The summed E-state index contributed by atoms with van der Waals surface area (Å²) in [6.07, 6.45) is -13.1. The first-order chi connectivity index (χ1) is 34.6. The van der Waals surface area contributed by atoms with Gasteiger partial charge in [-0.1, -0.05) is 53.6 Å². The van der Waals surface area contributed by atoms with Crippen LogP contribution in [0.15, 0.2) is 5.16 Å². The van der Waals surface area contributed by atoms with Gasteiger partial charge >= 0.3 is 18.0 Å². The number of oxime groups is 1. The van der Waals surface area contributed by atoms with E-state index in [2.05, 4.69) is 17.0 Å². The number of cyclic esters (lactones) is 1. The maximum Gasteiger partial charge on any atom is 0.410 e. The molecule has 21 heteroatoms. The Morgan fingerprint density at radius 2 is 1.47 bits per heavy atom. The summed E-state index contributed by atoms with van der Waals surface area (Å²) in [4.78, 5) is 67.0. The van der Waals surface area contributed by atoms with E-state index < -0.39 is 145 Å². The summed E-state index contributed by atoms with van der Waals surface area (Å²) in [7, 11) is 9.32. The molecule has 0 spiro atoms. The molecule has 0 aliphatic carbocycles. The second-order valence-electron chi connectivity index (χ2n) is 22.5. The van der Waals surface area contributed by atoms with Crippen LogP contribution < -0.4 is 0 Å². The lowest BCUT2D eigenvalue weighted by Crippen LogP contribution is -2.59. The Labute approximate surface area is 440 Å². The van der Waals surface area contributed by atoms with Gasteiger partial charge in [0.25, 0.3) is 0 Å². The molecule has 0 aromatic carbocycles. The van der Waals surface area contributed by atoms with E-state index >= 15 is 9.59 Å². The number of carbonyl (C=O) groups is 4. The van der Waals surface area contributed by atoms with Crippen LogP contribution in [0.3, 0.4) is 0 Å². The second kappa shape index (κ2) is 28.0. The molecule has 428 valence electrons. The normalized spacial score (nSPS) is 41.4. The van der Waals surface area contributed by atoms with E-state index in [4.69, 9.17) is 56.9 Å². The van der Waals surface area contributed by atoms with Gasteiger partial charge in [-0.05, 0) is 66.8 Å². The fraction of sp³-hybridized carbons (Fsp3) is 0.906. The molecule has 74 heavy (non-hydrogen) atoms. The van der Waals surface area contributed by atoms with E-state index in [-0.39, 0.29) is 43.9 Å². The zero-order valence-electron chi connectivity index (χ0n) is 47.7. The minimum absolute atomic E-state index is 0.0209. The van der Waals surface area contributed by atoms with E-state index in [0.29, 0.717) is 18.7 Å². The van der Waals surface area contributed by atoms with Crippen LogP contribution in [0.1, 0.15) is 116 Å². The SMILES string of the molecule is CON=C1C[C@@H](C)O[C@@H](O[C@@H]2[C@@H](C)[C@H](O[C@H]3C[C@@H](C)N(C)C[C@H](C)O3)[C@@H](C)C(=O)O[C@H](C(C)CO[C@@H]3O[C@H](C)[C@@H](O)[C@@H](OC)[C@H]3OC)[C@H](C)[C@@H](OC(=O)CC(C)C)[C@@H](C)C(=O)[C@@](C)(OC(=O)N(C)C)C[C@@H]2C)[C@@H]1O. The summed E-state index contributed by atoms with van der Waals surface area (Å²) < 4.78 is 69.9. The summed E-state index contributed by atoms with van der Waals surface area (Å²) in [6, 6.07) is 0.0236. The predicted molar refractivity (Wildman–Crippen MR) is 270 cm³/mol. The summed E-state index contributed by atoms with van der Waals surface area (Å²) in [6.45, 7) is 23.9. The van der Waals surface area contributed by atoms with Crippen molar-refractivity contribution in [3.05, 3.63) is 0 Å². The molecule has 4 saturated heterocycles. The molecule has 0 aromatic heterocycles. The maximum atomic E-state index is 15.6. The van der Waals surface area contributed by atoms with Crippen molar-refractivity contribution < 1.29 is 86.3 Å². The van der Waals surface area contributed by atoms with Gasteiger partial charge < -0.3 is 77.0 Å². The predicted octanol–water partition coefficient (Wildman–Crippen LogP) is 4.98. The third-order valence-electron chi connectivity index (χ3n) is 15.3. The first-order valence-corrected chi connectivity index (χ1v) is 26.5. The first-order valence-electron chi connectivity index (χ1n) is 26.5. The molecule has 1 amide bonds. The lowest BCUT2D eigenvalue weighted by Gasteiger charge is -2.45. The van der Waals surface area contributed by atoms with E-state index in [0.717, 1.165) is 0 Å². The molecule has 0 radical (unpaired) electrons. The lowest BCUT2D eigenvalue weighted by molar-refractivity contribution is -0.305. The Morgan fingerprint density at radius 1 is 0.824 bits per heavy atom. The number of ketones is 1. The highest BCUT2D eigenvalue weighted by Gasteiger charge is 2.53. The van der Waals surface area contributed by atoms with E-state index in [9.17, 15) is 19.8 Å². The smallest absolute Gasteiger partial charge is 0.410 e. The topological polar surface area (TPSA) is 238 Å². The number of aliphatic hydroxyl groups is 2. The number of aliphatic hydroxyl groups excluding tert-OH is 2. The van der Waals surface area contributed by atoms with Gasteiger partial charge in [0.2, 0.25) is 0 Å². The molecule has 0 bridgehead atoms. The summed E-state index contributed by atoms with van der Waals surface area (Å²) in [5.41, 5.74) is -1.60. The third kappa shape index (κ3) is 16.0. The Balaban J connectivity index is 1.97. The average molecular weight is 1060 g/mol. The van der Waals surface area contributed by atoms with Gasteiger partial charge in [-0.3, -0.25) is 14.4 Å². The number of carbonyl (C=O) groups excluding carboxylic acids is 4. The van der Waals surface area contributed by atoms with Crippen LogP contribution >= 0.6 is 0 Å². The van der Waals surface area contributed by atoms with Crippen molar-refractivity contribution >= 4 is 29.5 Å². The van der Waals surface area contributed by atoms with Gasteiger partial charge in [0.1, 0.15) is 43.7 Å². The lowest BCUT2D eigenvalue weighted by atomic mass is 9.74. The van der Waals surface area contributed by atoms with Crippen LogP contribution in [0.4, 0.5) is 4.79 Å². The number of likely N-dealkylation sites (N-methyl/N-ethyl adjacent to an activating group) is 1. The van der Waals surface area contributed by atoms with E-state index in [1.54, 1.807) is 34.6 Å². The van der Waals surface area contributed by atoms with Crippen molar-refractivity contribution in [1.29, 1.82) is 0 Å². The van der Waals surface area contributed by atoms with Gasteiger partial charge in [-0.2, -0.15) is 0 Å². The molecule has 1 unspecified atom stereocenters. The highest BCUT2D eigenvalue weighted by atomic mass is 16.7. The number of hydrogen-bond donors (Lipinski definition) is 2. The Kier molecular flexibility index (Phi) is 24.0. The minimum Gasteiger partial charge on any atom is -0.461 e. The molecule has 0 saturated carbocycles.